The molecule has 20 heavy (non-hydrogen) atoms. The fraction of sp³-hybridized carbons (Fsp3) is 0.500. The van der Waals surface area contributed by atoms with Crippen LogP contribution >= 0.6 is 0 Å². The molecule has 0 aromatic heterocycles. The maximum absolute atomic E-state index is 12.3. The zero-order chi connectivity index (χ0) is 15.5. The second-order valence-corrected chi connectivity index (χ2v) is 4.53. The lowest BCUT2D eigenvalue weighted by Gasteiger charge is -2.28. The summed E-state index contributed by atoms with van der Waals surface area (Å²) in [5.41, 5.74) is 0.384. The van der Waals surface area contributed by atoms with Gasteiger partial charge in [-0.3, -0.25) is 15.0 Å². The Kier molecular flexibility index (Phi) is 5.07. The smallest absolute Gasteiger partial charge is 0.382 e. The Morgan fingerprint density at radius 1 is 1.45 bits per heavy atom. The molecule has 1 aromatic rings. The first-order valence-corrected chi connectivity index (χ1v) is 5.82. The molecule has 0 spiro atoms. The number of nitrogens with zero attached hydrogens (tertiary/aromatic N) is 2. The van der Waals surface area contributed by atoms with Crippen LogP contribution < -0.4 is 0 Å². The molecular weight excluding hydrogens is 277 g/mol. The third kappa shape index (κ3) is 4.17. The van der Waals surface area contributed by atoms with Crippen LogP contribution in [0.2, 0.25) is 0 Å². The lowest BCUT2D eigenvalue weighted by atomic mass is 10.1. The highest BCUT2D eigenvalue weighted by Crippen LogP contribution is 2.26. The highest BCUT2D eigenvalue weighted by atomic mass is 19.4. The maximum Gasteiger partial charge on any atom is 0.415 e. The predicted octanol–water partition coefficient (Wildman–Crippen LogP) is 2.51. The molecule has 0 heterocycles. The Morgan fingerprint density at radius 2 is 2.05 bits per heavy atom. The minimum Gasteiger partial charge on any atom is -0.382 e. The van der Waals surface area contributed by atoms with Crippen LogP contribution in [-0.2, 0) is 0 Å². The average molecular weight is 292 g/mol. The van der Waals surface area contributed by atoms with Crippen molar-refractivity contribution in [3.05, 3.63) is 39.9 Å². The zero-order valence-electron chi connectivity index (χ0n) is 11.0. The number of aliphatic hydroxyl groups excluding tert-OH is 1. The summed E-state index contributed by atoms with van der Waals surface area (Å²) in [4.78, 5) is 11.4. The molecule has 0 saturated heterocycles. The first-order valence-electron chi connectivity index (χ1n) is 5.82. The number of aliphatic hydroxyl groups is 1. The van der Waals surface area contributed by atoms with Gasteiger partial charge in [0.15, 0.2) is 6.10 Å². The minimum atomic E-state index is -4.68. The van der Waals surface area contributed by atoms with E-state index in [-0.39, 0.29) is 5.69 Å². The van der Waals surface area contributed by atoms with Crippen LogP contribution in [-0.4, -0.2) is 40.8 Å². The average Bonchev–Trinajstić information content (AvgIpc) is 2.36. The first-order chi connectivity index (χ1) is 9.12. The Bertz CT molecular complexity index is 479. The molecule has 0 fully saturated rings. The maximum atomic E-state index is 12.3. The second-order valence-electron chi connectivity index (χ2n) is 4.53. The van der Waals surface area contributed by atoms with E-state index >= 15 is 0 Å². The molecule has 2 unspecified atom stereocenters. The molecular formula is C12H15F3N2O3. The Labute approximate surface area is 113 Å². The largest absolute Gasteiger partial charge is 0.415 e. The van der Waals surface area contributed by atoms with E-state index in [0.29, 0.717) is 5.56 Å². The van der Waals surface area contributed by atoms with Gasteiger partial charge in [0.1, 0.15) is 0 Å². The molecule has 8 heteroatoms. The quantitative estimate of drug-likeness (QED) is 0.669. The van der Waals surface area contributed by atoms with Gasteiger partial charge in [0.2, 0.25) is 0 Å². The molecule has 2 atom stereocenters. The molecule has 0 aliphatic heterocycles. The van der Waals surface area contributed by atoms with Crippen molar-refractivity contribution in [2.24, 2.45) is 0 Å². The minimum absolute atomic E-state index is 0.126. The lowest BCUT2D eigenvalue weighted by molar-refractivity contribution is -0.385. The van der Waals surface area contributed by atoms with Crippen molar-refractivity contribution in [2.45, 2.75) is 25.2 Å². The van der Waals surface area contributed by atoms with E-state index < -0.39 is 29.8 Å². The summed E-state index contributed by atoms with van der Waals surface area (Å²) in [6.45, 7) is 1.01. The van der Waals surface area contributed by atoms with Crippen LogP contribution in [0.1, 0.15) is 18.5 Å². The van der Waals surface area contributed by atoms with Gasteiger partial charge in [-0.05, 0) is 19.5 Å². The van der Waals surface area contributed by atoms with Crippen LogP contribution in [0.15, 0.2) is 24.3 Å². The van der Waals surface area contributed by atoms with Crippen molar-refractivity contribution < 1.29 is 23.2 Å². The van der Waals surface area contributed by atoms with E-state index in [1.54, 1.807) is 13.0 Å². The fourth-order valence-electron chi connectivity index (χ4n) is 1.69. The number of benzene rings is 1. The molecule has 0 aliphatic carbocycles. The number of likely N-dealkylation sites (N-methyl/N-ethyl adjacent to an activating group) is 1. The number of hydrogen-bond donors (Lipinski definition) is 1. The van der Waals surface area contributed by atoms with Gasteiger partial charge in [0, 0.05) is 24.7 Å². The standard InChI is InChI=1S/C12H15F3N2O3/c1-8(16(2)7-11(18)12(13,14)15)9-4-3-5-10(6-9)17(19)20/h3-6,8,11,18H,7H2,1-2H3. The Hall–Kier alpha value is -1.67. The number of halogens is 3. The summed E-state index contributed by atoms with van der Waals surface area (Å²) in [5, 5.41) is 19.7. The molecule has 1 N–H and O–H groups in total. The fourth-order valence-corrected chi connectivity index (χ4v) is 1.69. The van der Waals surface area contributed by atoms with Gasteiger partial charge in [-0.1, -0.05) is 12.1 Å². The molecule has 0 saturated carbocycles. The summed E-state index contributed by atoms with van der Waals surface area (Å²) in [6.07, 6.45) is -7.13. The van der Waals surface area contributed by atoms with Crippen molar-refractivity contribution in [1.29, 1.82) is 0 Å². The van der Waals surface area contributed by atoms with Crippen LogP contribution in [0, 0.1) is 10.1 Å². The Morgan fingerprint density at radius 3 is 2.55 bits per heavy atom. The number of nitro groups is 1. The van der Waals surface area contributed by atoms with Crippen molar-refractivity contribution in [3.8, 4) is 0 Å². The van der Waals surface area contributed by atoms with E-state index in [4.69, 9.17) is 5.11 Å². The van der Waals surface area contributed by atoms with Crippen LogP contribution in [0.3, 0.4) is 0 Å². The van der Waals surface area contributed by atoms with Crippen molar-refractivity contribution in [3.63, 3.8) is 0 Å². The molecule has 1 aromatic carbocycles. The van der Waals surface area contributed by atoms with Crippen molar-refractivity contribution >= 4 is 5.69 Å². The molecule has 1 rings (SSSR count). The van der Waals surface area contributed by atoms with Gasteiger partial charge < -0.3 is 5.11 Å². The number of non-ortho nitro benzene ring substituents is 1. The topological polar surface area (TPSA) is 66.6 Å². The molecule has 0 amide bonds. The van der Waals surface area contributed by atoms with E-state index in [0.717, 1.165) is 0 Å². The third-order valence-corrected chi connectivity index (χ3v) is 3.06. The van der Waals surface area contributed by atoms with Crippen LogP contribution in [0.5, 0.6) is 0 Å². The van der Waals surface area contributed by atoms with Gasteiger partial charge in [-0.2, -0.15) is 13.2 Å². The van der Waals surface area contributed by atoms with Gasteiger partial charge in [-0.15, -0.1) is 0 Å². The SMILES string of the molecule is CC(c1cccc([N+](=O)[O-])c1)N(C)CC(O)C(F)(F)F. The summed E-state index contributed by atoms with van der Waals surface area (Å²) < 4.78 is 36.8. The van der Waals surface area contributed by atoms with Crippen molar-refractivity contribution in [1.82, 2.24) is 4.90 Å². The summed E-state index contributed by atoms with van der Waals surface area (Å²) in [5.74, 6) is 0. The zero-order valence-corrected chi connectivity index (χ0v) is 11.0. The third-order valence-electron chi connectivity index (χ3n) is 3.06. The van der Waals surface area contributed by atoms with Gasteiger partial charge >= 0.3 is 6.18 Å². The van der Waals surface area contributed by atoms with Gasteiger partial charge in [-0.25, -0.2) is 0 Å². The van der Waals surface area contributed by atoms with E-state index in [2.05, 4.69) is 0 Å². The first kappa shape index (κ1) is 16.4. The predicted molar refractivity (Wildman–Crippen MR) is 66.2 cm³/mol. The lowest BCUT2D eigenvalue weighted by Crippen LogP contribution is -2.40. The Balaban J connectivity index is 2.81. The monoisotopic (exact) mass is 292 g/mol. The molecule has 0 bridgehead atoms. The van der Waals surface area contributed by atoms with Crippen LogP contribution in [0.4, 0.5) is 18.9 Å². The highest BCUT2D eigenvalue weighted by molar-refractivity contribution is 5.35. The van der Waals surface area contributed by atoms with E-state index in [1.807, 2.05) is 0 Å². The van der Waals surface area contributed by atoms with Crippen LogP contribution in [0.25, 0.3) is 0 Å². The molecule has 5 nitrogen and oxygen atoms in total. The highest BCUT2D eigenvalue weighted by Gasteiger charge is 2.39. The number of rotatable bonds is 5. The van der Waals surface area contributed by atoms with Gasteiger partial charge in [0.05, 0.1) is 4.92 Å². The summed E-state index contributed by atoms with van der Waals surface area (Å²) in [7, 11) is 1.42. The number of hydrogen-bond acceptors (Lipinski definition) is 4. The van der Waals surface area contributed by atoms with Crippen molar-refractivity contribution in [2.75, 3.05) is 13.6 Å². The molecule has 0 aliphatic rings. The summed E-state index contributed by atoms with van der Waals surface area (Å²) in [6, 6.07) is 5.18. The molecule has 112 valence electrons. The summed E-state index contributed by atoms with van der Waals surface area (Å²) >= 11 is 0. The van der Waals surface area contributed by atoms with Gasteiger partial charge in [0.25, 0.3) is 5.69 Å². The number of alkyl halides is 3. The van der Waals surface area contributed by atoms with E-state index in [9.17, 15) is 23.3 Å². The normalized spacial score (nSPS) is 15.2. The van der Waals surface area contributed by atoms with E-state index in [1.165, 1.54) is 30.1 Å². The molecule has 0 radical (unpaired) electrons. The number of nitro benzene ring substituents is 1. The second kappa shape index (κ2) is 6.19.